The highest BCUT2D eigenvalue weighted by molar-refractivity contribution is 5.96. The van der Waals surface area contributed by atoms with Crippen molar-refractivity contribution < 1.29 is 18.3 Å². The van der Waals surface area contributed by atoms with E-state index < -0.39 is 11.7 Å². The van der Waals surface area contributed by atoms with E-state index in [4.69, 9.17) is 0 Å². The van der Waals surface area contributed by atoms with E-state index in [0.29, 0.717) is 27.7 Å². The fraction of sp³-hybridized carbons (Fsp3) is 0.111. The molecule has 122 valence electrons. The molecule has 0 unspecified atom stereocenters. The van der Waals surface area contributed by atoms with Crippen molar-refractivity contribution in [3.63, 3.8) is 0 Å². The van der Waals surface area contributed by atoms with Gasteiger partial charge in [0.05, 0.1) is 16.9 Å². The van der Waals surface area contributed by atoms with Crippen molar-refractivity contribution in [2.45, 2.75) is 13.1 Å². The quantitative estimate of drug-likeness (QED) is 0.551. The molecule has 3 nitrogen and oxygen atoms in total. The van der Waals surface area contributed by atoms with Gasteiger partial charge in [-0.3, -0.25) is 0 Å². The third-order valence-electron chi connectivity index (χ3n) is 3.67. The van der Waals surface area contributed by atoms with E-state index in [-0.39, 0.29) is 5.75 Å². The molecule has 0 aliphatic rings. The minimum Gasteiger partial charge on any atom is -0.507 e. The predicted octanol–water partition coefficient (Wildman–Crippen LogP) is 6.29. The zero-order valence-electron chi connectivity index (χ0n) is 12.7. The lowest BCUT2D eigenvalue weighted by molar-refractivity contribution is -0.137. The molecular formula is C18H13F3N2O. The molecule has 3 aromatic carbocycles. The summed E-state index contributed by atoms with van der Waals surface area (Å²) < 4.78 is 38.1. The van der Waals surface area contributed by atoms with Crippen LogP contribution in [0.3, 0.4) is 0 Å². The van der Waals surface area contributed by atoms with Crippen LogP contribution >= 0.6 is 0 Å². The molecule has 3 aromatic rings. The van der Waals surface area contributed by atoms with Gasteiger partial charge in [0.15, 0.2) is 0 Å². The number of nitrogens with zero attached hydrogens (tertiary/aromatic N) is 2. The molecule has 1 N–H and O–H groups in total. The average Bonchev–Trinajstić information content (AvgIpc) is 2.54. The molecule has 0 radical (unpaired) electrons. The number of phenolic OH excluding ortho intramolecular Hbond substituents is 1. The minimum absolute atomic E-state index is 0.135. The van der Waals surface area contributed by atoms with Crippen LogP contribution in [-0.4, -0.2) is 5.11 Å². The lowest BCUT2D eigenvalue weighted by Crippen LogP contribution is -2.04. The Labute approximate surface area is 136 Å². The summed E-state index contributed by atoms with van der Waals surface area (Å²) in [6, 6.07) is 13.6. The SMILES string of the molecule is Cc1cc(C(F)(F)F)ccc1/N=N/c1ccc(O)c2ccccc12. The van der Waals surface area contributed by atoms with Crippen LogP contribution in [-0.2, 0) is 6.18 Å². The molecule has 0 spiro atoms. The van der Waals surface area contributed by atoms with Gasteiger partial charge in [0.25, 0.3) is 0 Å². The number of hydrogen-bond donors (Lipinski definition) is 1. The van der Waals surface area contributed by atoms with Gasteiger partial charge in [0, 0.05) is 10.8 Å². The lowest BCUT2D eigenvalue weighted by Gasteiger charge is -2.08. The summed E-state index contributed by atoms with van der Waals surface area (Å²) >= 11 is 0. The van der Waals surface area contributed by atoms with Crippen molar-refractivity contribution in [3.05, 3.63) is 65.7 Å². The molecule has 0 aliphatic heterocycles. The maximum absolute atomic E-state index is 12.7. The van der Waals surface area contributed by atoms with Crippen LogP contribution in [0, 0.1) is 6.92 Å². The van der Waals surface area contributed by atoms with Gasteiger partial charge in [0.2, 0.25) is 0 Å². The normalized spacial score (nSPS) is 12.2. The van der Waals surface area contributed by atoms with Gasteiger partial charge in [-0.05, 0) is 42.8 Å². The van der Waals surface area contributed by atoms with E-state index in [1.54, 1.807) is 31.2 Å². The van der Waals surface area contributed by atoms with Gasteiger partial charge in [-0.1, -0.05) is 24.3 Å². The first-order chi connectivity index (χ1) is 11.4. The summed E-state index contributed by atoms with van der Waals surface area (Å²) in [5, 5.41) is 19.4. The number of halogens is 3. The number of aromatic hydroxyl groups is 1. The molecule has 0 atom stereocenters. The molecule has 0 amide bonds. The number of aryl methyl sites for hydroxylation is 1. The van der Waals surface area contributed by atoms with E-state index in [1.807, 2.05) is 6.07 Å². The number of phenols is 1. The summed E-state index contributed by atoms with van der Waals surface area (Å²) in [7, 11) is 0. The highest BCUT2D eigenvalue weighted by Gasteiger charge is 2.30. The van der Waals surface area contributed by atoms with E-state index in [2.05, 4.69) is 10.2 Å². The fourth-order valence-corrected chi connectivity index (χ4v) is 2.41. The first-order valence-electron chi connectivity index (χ1n) is 7.16. The lowest BCUT2D eigenvalue weighted by atomic mass is 10.1. The average molecular weight is 330 g/mol. The summed E-state index contributed by atoms with van der Waals surface area (Å²) in [5.74, 6) is 0.135. The van der Waals surface area contributed by atoms with Gasteiger partial charge in [-0.15, -0.1) is 5.11 Å². The summed E-state index contributed by atoms with van der Waals surface area (Å²) in [5.41, 5.74) is 0.563. The number of rotatable bonds is 2. The van der Waals surface area contributed by atoms with Crippen LogP contribution in [0.2, 0.25) is 0 Å². The van der Waals surface area contributed by atoms with Crippen molar-refractivity contribution in [1.29, 1.82) is 0 Å². The third kappa shape index (κ3) is 3.08. The Bertz CT molecular complexity index is 933. The number of alkyl halides is 3. The molecule has 0 aliphatic carbocycles. The largest absolute Gasteiger partial charge is 0.507 e. The highest BCUT2D eigenvalue weighted by Crippen LogP contribution is 2.35. The molecule has 0 saturated carbocycles. The Hall–Kier alpha value is -2.89. The molecule has 0 heterocycles. The maximum atomic E-state index is 12.7. The molecule has 3 rings (SSSR count). The Morgan fingerprint density at radius 1 is 0.833 bits per heavy atom. The zero-order valence-corrected chi connectivity index (χ0v) is 12.7. The van der Waals surface area contributed by atoms with Crippen molar-refractivity contribution >= 4 is 22.1 Å². The van der Waals surface area contributed by atoms with Crippen LogP contribution in [0.25, 0.3) is 10.8 Å². The molecule has 0 aromatic heterocycles. The third-order valence-corrected chi connectivity index (χ3v) is 3.67. The van der Waals surface area contributed by atoms with Crippen LogP contribution in [0.4, 0.5) is 24.5 Å². The van der Waals surface area contributed by atoms with Crippen LogP contribution in [0.1, 0.15) is 11.1 Å². The number of fused-ring (bicyclic) bond motifs is 1. The number of benzene rings is 3. The Morgan fingerprint density at radius 2 is 1.46 bits per heavy atom. The molecule has 6 heteroatoms. The van der Waals surface area contributed by atoms with E-state index in [0.717, 1.165) is 12.1 Å². The van der Waals surface area contributed by atoms with Gasteiger partial charge in [-0.25, -0.2) is 0 Å². The Balaban J connectivity index is 1.99. The smallest absolute Gasteiger partial charge is 0.416 e. The van der Waals surface area contributed by atoms with Crippen LogP contribution < -0.4 is 0 Å². The minimum atomic E-state index is -4.38. The predicted molar refractivity (Wildman–Crippen MR) is 86.0 cm³/mol. The second-order valence-electron chi connectivity index (χ2n) is 5.35. The highest BCUT2D eigenvalue weighted by atomic mass is 19.4. The first-order valence-corrected chi connectivity index (χ1v) is 7.16. The van der Waals surface area contributed by atoms with Gasteiger partial charge >= 0.3 is 6.18 Å². The van der Waals surface area contributed by atoms with Gasteiger partial charge in [-0.2, -0.15) is 18.3 Å². The second kappa shape index (κ2) is 5.96. The van der Waals surface area contributed by atoms with E-state index in [9.17, 15) is 18.3 Å². The van der Waals surface area contributed by atoms with Crippen LogP contribution in [0.5, 0.6) is 5.75 Å². The molecule has 24 heavy (non-hydrogen) atoms. The molecule has 0 saturated heterocycles. The van der Waals surface area contributed by atoms with Crippen LogP contribution in [0.15, 0.2) is 64.8 Å². The van der Waals surface area contributed by atoms with Crippen molar-refractivity contribution in [1.82, 2.24) is 0 Å². The second-order valence-corrected chi connectivity index (χ2v) is 5.35. The van der Waals surface area contributed by atoms with Crippen molar-refractivity contribution in [2.24, 2.45) is 10.2 Å². The summed E-state index contributed by atoms with van der Waals surface area (Å²) in [6.07, 6.45) is -4.38. The van der Waals surface area contributed by atoms with E-state index in [1.165, 1.54) is 12.1 Å². The first kappa shape index (κ1) is 16.0. The number of hydrogen-bond acceptors (Lipinski definition) is 3. The molecular weight excluding hydrogens is 317 g/mol. The summed E-state index contributed by atoms with van der Waals surface area (Å²) in [6.45, 7) is 1.55. The number of azo groups is 1. The van der Waals surface area contributed by atoms with Gasteiger partial charge in [0.1, 0.15) is 5.75 Å². The van der Waals surface area contributed by atoms with Gasteiger partial charge < -0.3 is 5.11 Å². The van der Waals surface area contributed by atoms with Crippen molar-refractivity contribution in [2.75, 3.05) is 0 Å². The molecule has 0 bridgehead atoms. The molecule has 0 fully saturated rings. The topological polar surface area (TPSA) is 45.0 Å². The Kier molecular flexibility index (Phi) is 3.97. The fourth-order valence-electron chi connectivity index (χ4n) is 2.41. The van der Waals surface area contributed by atoms with E-state index >= 15 is 0 Å². The Morgan fingerprint density at radius 3 is 2.12 bits per heavy atom. The standard InChI is InChI=1S/C18H13F3N2O/c1-11-10-12(18(19,20)21)6-7-15(11)22-23-16-8-9-17(24)14-5-3-2-4-13(14)16/h2-10,24H,1H3/b23-22+. The monoisotopic (exact) mass is 330 g/mol. The summed E-state index contributed by atoms with van der Waals surface area (Å²) in [4.78, 5) is 0. The maximum Gasteiger partial charge on any atom is 0.416 e. The van der Waals surface area contributed by atoms with Crippen molar-refractivity contribution in [3.8, 4) is 5.75 Å². The zero-order chi connectivity index (χ0) is 17.3.